The second-order valence-corrected chi connectivity index (χ2v) is 8.59. The number of pyridine rings is 1. The summed E-state index contributed by atoms with van der Waals surface area (Å²) in [6.07, 6.45) is 6.41. The van der Waals surface area contributed by atoms with E-state index in [1.807, 2.05) is 29.8 Å². The summed E-state index contributed by atoms with van der Waals surface area (Å²) in [5.41, 5.74) is 2.00. The Morgan fingerprint density at radius 2 is 1.96 bits per heavy atom. The highest BCUT2D eigenvalue weighted by molar-refractivity contribution is 7.89. The number of sulfone groups is 1. The molecule has 2 aromatic heterocycles. The minimum absolute atomic E-state index is 0.0709. The smallest absolute Gasteiger partial charge is 0.319 e. The van der Waals surface area contributed by atoms with Gasteiger partial charge in [0.2, 0.25) is 0 Å². The number of aromatic nitrogens is 3. The summed E-state index contributed by atoms with van der Waals surface area (Å²) in [6, 6.07) is 10.1. The molecule has 0 aliphatic heterocycles. The van der Waals surface area contributed by atoms with Crippen molar-refractivity contribution in [2.45, 2.75) is 19.2 Å². The summed E-state index contributed by atoms with van der Waals surface area (Å²) in [5, 5.41) is 5.46. The van der Waals surface area contributed by atoms with Crippen LogP contribution >= 0.6 is 0 Å². The van der Waals surface area contributed by atoms with E-state index in [2.05, 4.69) is 20.6 Å². The average molecular weight is 399 g/mol. The number of anilines is 1. The fourth-order valence-electron chi connectivity index (χ4n) is 2.68. The third-order valence-electron chi connectivity index (χ3n) is 3.95. The zero-order valence-corrected chi connectivity index (χ0v) is 16.4. The number of rotatable bonds is 6. The lowest BCUT2D eigenvalue weighted by atomic mass is 10.2. The van der Waals surface area contributed by atoms with Gasteiger partial charge in [-0.25, -0.2) is 23.2 Å². The van der Waals surface area contributed by atoms with Crippen LogP contribution in [-0.2, 0) is 22.1 Å². The first-order valence-electron chi connectivity index (χ1n) is 8.57. The van der Waals surface area contributed by atoms with E-state index in [0.29, 0.717) is 17.8 Å². The van der Waals surface area contributed by atoms with Gasteiger partial charge in [-0.2, -0.15) is 0 Å². The van der Waals surface area contributed by atoms with Gasteiger partial charge in [-0.1, -0.05) is 18.2 Å². The number of carbonyl (C=O) groups excluding carboxylic acids is 1. The largest absolute Gasteiger partial charge is 0.334 e. The Labute approximate surface area is 163 Å². The Bertz CT molecular complexity index is 1070. The summed E-state index contributed by atoms with van der Waals surface area (Å²) in [6.45, 7) is 2.21. The summed E-state index contributed by atoms with van der Waals surface area (Å²) in [4.78, 5) is 20.7. The molecule has 0 radical (unpaired) electrons. The van der Waals surface area contributed by atoms with E-state index in [1.54, 1.807) is 36.7 Å². The average Bonchev–Trinajstić information content (AvgIpc) is 3.05. The number of nitrogens with zero attached hydrogens (tertiary/aromatic N) is 3. The molecule has 1 aromatic carbocycles. The van der Waals surface area contributed by atoms with Gasteiger partial charge in [0.15, 0.2) is 9.84 Å². The molecule has 0 saturated carbocycles. The van der Waals surface area contributed by atoms with Crippen LogP contribution in [0.25, 0.3) is 5.82 Å². The van der Waals surface area contributed by atoms with E-state index in [1.165, 1.54) is 6.26 Å². The lowest BCUT2D eigenvalue weighted by Crippen LogP contribution is -2.28. The van der Waals surface area contributed by atoms with Gasteiger partial charge in [-0.05, 0) is 36.2 Å². The first kappa shape index (κ1) is 19.6. The van der Waals surface area contributed by atoms with E-state index < -0.39 is 9.84 Å². The SMILES string of the molecule is Cc1nccn1-c1ccc(CNC(=O)Nc2cccc(CS(C)(=O)=O)c2)cn1. The van der Waals surface area contributed by atoms with Crippen molar-refractivity contribution in [1.82, 2.24) is 19.9 Å². The molecule has 0 aliphatic rings. The Morgan fingerprint density at radius 3 is 2.61 bits per heavy atom. The molecule has 2 amide bonds. The third kappa shape index (κ3) is 5.40. The summed E-state index contributed by atoms with van der Waals surface area (Å²) < 4.78 is 24.7. The monoisotopic (exact) mass is 399 g/mol. The number of carbonyl (C=O) groups is 1. The highest BCUT2D eigenvalue weighted by Gasteiger charge is 2.07. The molecule has 0 unspecified atom stereocenters. The molecule has 9 heteroatoms. The van der Waals surface area contributed by atoms with Crippen molar-refractivity contribution in [3.05, 3.63) is 71.9 Å². The fraction of sp³-hybridized carbons (Fsp3) is 0.211. The number of urea groups is 1. The van der Waals surface area contributed by atoms with E-state index in [-0.39, 0.29) is 11.8 Å². The number of imidazole rings is 1. The van der Waals surface area contributed by atoms with Crippen molar-refractivity contribution in [3.63, 3.8) is 0 Å². The van der Waals surface area contributed by atoms with Gasteiger partial charge in [0.1, 0.15) is 11.6 Å². The van der Waals surface area contributed by atoms with Crippen LogP contribution in [0.15, 0.2) is 55.0 Å². The van der Waals surface area contributed by atoms with Gasteiger partial charge >= 0.3 is 6.03 Å². The molecule has 2 heterocycles. The minimum Gasteiger partial charge on any atom is -0.334 e. The fourth-order valence-corrected chi connectivity index (χ4v) is 3.47. The van der Waals surface area contributed by atoms with Gasteiger partial charge in [0.05, 0.1) is 5.75 Å². The highest BCUT2D eigenvalue weighted by Crippen LogP contribution is 2.13. The molecule has 3 rings (SSSR count). The maximum absolute atomic E-state index is 12.1. The number of hydrogen-bond acceptors (Lipinski definition) is 5. The van der Waals surface area contributed by atoms with Crippen LogP contribution in [0, 0.1) is 6.92 Å². The van der Waals surface area contributed by atoms with Crippen molar-refractivity contribution in [2.24, 2.45) is 0 Å². The van der Waals surface area contributed by atoms with Gasteiger partial charge in [0.25, 0.3) is 0 Å². The maximum atomic E-state index is 12.1. The summed E-state index contributed by atoms with van der Waals surface area (Å²) >= 11 is 0. The number of hydrogen-bond donors (Lipinski definition) is 2. The lowest BCUT2D eigenvalue weighted by Gasteiger charge is -2.10. The van der Waals surface area contributed by atoms with Crippen LogP contribution in [0.4, 0.5) is 10.5 Å². The van der Waals surface area contributed by atoms with E-state index in [0.717, 1.165) is 17.2 Å². The Kier molecular flexibility index (Phi) is 5.74. The van der Waals surface area contributed by atoms with Gasteiger partial charge in [-0.3, -0.25) is 4.57 Å². The number of amides is 2. The highest BCUT2D eigenvalue weighted by atomic mass is 32.2. The zero-order valence-electron chi connectivity index (χ0n) is 15.6. The molecule has 0 spiro atoms. The molecular formula is C19H21N5O3S. The molecule has 3 aromatic rings. The van der Waals surface area contributed by atoms with E-state index >= 15 is 0 Å². The Hall–Kier alpha value is -3.20. The second-order valence-electron chi connectivity index (χ2n) is 6.45. The van der Waals surface area contributed by atoms with Gasteiger partial charge < -0.3 is 10.6 Å². The Morgan fingerprint density at radius 1 is 1.14 bits per heavy atom. The molecule has 28 heavy (non-hydrogen) atoms. The minimum atomic E-state index is -3.13. The van der Waals surface area contributed by atoms with Crippen LogP contribution in [0.3, 0.4) is 0 Å². The van der Waals surface area contributed by atoms with E-state index in [4.69, 9.17) is 0 Å². The lowest BCUT2D eigenvalue weighted by molar-refractivity contribution is 0.251. The van der Waals surface area contributed by atoms with Crippen LogP contribution in [0.2, 0.25) is 0 Å². The molecule has 0 aliphatic carbocycles. The maximum Gasteiger partial charge on any atom is 0.319 e. The van der Waals surface area contributed by atoms with Crippen LogP contribution in [-0.4, -0.2) is 35.2 Å². The molecule has 0 bridgehead atoms. The van der Waals surface area contributed by atoms with Crippen molar-refractivity contribution < 1.29 is 13.2 Å². The molecule has 0 atom stereocenters. The quantitative estimate of drug-likeness (QED) is 0.662. The third-order valence-corrected chi connectivity index (χ3v) is 4.81. The molecule has 2 N–H and O–H groups in total. The molecule has 0 fully saturated rings. The van der Waals surface area contributed by atoms with Crippen molar-refractivity contribution in [2.75, 3.05) is 11.6 Å². The van der Waals surface area contributed by atoms with Crippen molar-refractivity contribution >= 4 is 21.6 Å². The topological polar surface area (TPSA) is 106 Å². The number of nitrogens with one attached hydrogen (secondary N) is 2. The predicted octanol–water partition coefficient (Wildman–Crippen LogP) is 2.44. The standard InChI is InChI=1S/C19H21N5O3S/c1-14-20-8-9-24(14)18-7-6-16(11-21-18)12-22-19(25)23-17-5-3-4-15(10-17)13-28(2,26)27/h3-11H,12-13H2,1-2H3,(H2,22,23,25). The first-order chi connectivity index (χ1) is 13.3. The van der Waals surface area contributed by atoms with Gasteiger partial charge in [-0.15, -0.1) is 0 Å². The summed E-state index contributed by atoms with van der Waals surface area (Å²) in [7, 11) is -3.13. The van der Waals surface area contributed by atoms with Gasteiger partial charge in [0, 0.05) is 37.1 Å². The molecule has 8 nitrogen and oxygen atoms in total. The Balaban J connectivity index is 1.56. The predicted molar refractivity (Wildman–Crippen MR) is 107 cm³/mol. The summed E-state index contributed by atoms with van der Waals surface area (Å²) in [5.74, 6) is 1.53. The zero-order chi connectivity index (χ0) is 20.1. The molecule has 146 valence electrons. The normalized spacial score (nSPS) is 11.2. The van der Waals surface area contributed by atoms with Crippen molar-refractivity contribution in [3.8, 4) is 5.82 Å². The number of benzene rings is 1. The van der Waals surface area contributed by atoms with Crippen molar-refractivity contribution in [1.29, 1.82) is 0 Å². The molecular weight excluding hydrogens is 378 g/mol. The molecule has 0 saturated heterocycles. The van der Waals surface area contributed by atoms with E-state index in [9.17, 15) is 13.2 Å². The second kappa shape index (κ2) is 8.22. The van der Waals surface area contributed by atoms with Crippen LogP contribution in [0.1, 0.15) is 17.0 Å². The number of aryl methyl sites for hydroxylation is 1. The first-order valence-corrected chi connectivity index (χ1v) is 10.6. The van der Waals surface area contributed by atoms with Crippen LogP contribution < -0.4 is 10.6 Å². The van der Waals surface area contributed by atoms with Crippen LogP contribution in [0.5, 0.6) is 0 Å².